The normalized spacial score (nSPS) is 10.8. The van der Waals surface area contributed by atoms with Crippen LogP contribution in [0.4, 0.5) is 5.69 Å². The van der Waals surface area contributed by atoms with Crippen LogP contribution in [0.2, 0.25) is 0 Å². The van der Waals surface area contributed by atoms with Gasteiger partial charge >= 0.3 is 0 Å². The molecule has 3 aromatic rings. The van der Waals surface area contributed by atoms with Crippen molar-refractivity contribution in [3.63, 3.8) is 0 Å². The van der Waals surface area contributed by atoms with Crippen LogP contribution in [0, 0.1) is 6.92 Å². The van der Waals surface area contributed by atoms with Gasteiger partial charge in [-0.1, -0.05) is 24.3 Å². The number of benzene rings is 2. The van der Waals surface area contributed by atoms with Gasteiger partial charge in [-0.25, -0.2) is 0 Å². The topological polar surface area (TPSA) is 26.2 Å². The van der Waals surface area contributed by atoms with E-state index in [9.17, 15) is 0 Å². The molecule has 0 aliphatic heterocycles. The van der Waals surface area contributed by atoms with Gasteiger partial charge in [0.2, 0.25) is 0 Å². The van der Waals surface area contributed by atoms with E-state index in [0.717, 1.165) is 24.2 Å². The second-order valence-corrected chi connectivity index (χ2v) is 5.14. The number of para-hydroxylation sites is 1. The summed E-state index contributed by atoms with van der Waals surface area (Å²) in [6.45, 7) is 3.94. The smallest absolute Gasteiger partial charge is 0.128 e. The third kappa shape index (κ3) is 2.72. The van der Waals surface area contributed by atoms with Crippen molar-refractivity contribution in [1.82, 2.24) is 4.57 Å². The van der Waals surface area contributed by atoms with Crippen LogP contribution in [0.15, 0.2) is 54.7 Å². The zero-order valence-electron chi connectivity index (χ0n) is 12.5. The van der Waals surface area contributed by atoms with Crippen LogP contribution in [-0.4, -0.2) is 18.2 Å². The molecular weight excluding hydrogens is 260 g/mol. The van der Waals surface area contributed by atoms with Crippen LogP contribution >= 0.6 is 0 Å². The second kappa shape index (κ2) is 5.92. The molecule has 0 fully saturated rings. The summed E-state index contributed by atoms with van der Waals surface area (Å²) in [5.41, 5.74) is 3.68. The molecule has 0 bridgehead atoms. The Morgan fingerprint density at radius 2 is 1.90 bits per heavy atom. The highest BCUT2D eigenvalue weighted by molar-refractivity contribution is 5.86. The molecule has 0 atom stereocenters. The summed E-state index contributed by atoms with van der Waals surface area (Å²) in [5, 5.41) is 4.66. The fraction of sp³-hybridized carbons (Fsp3) is 0.222. The minimum atomic E-state index is 0.895. The molecule has 2 aromatic carbocycles. The van der Waals surface area contributed by atoms with Crippen molar-refractivity contribution in [1.29, 1.82) is 0 Å². The Kier molecular flexibility index (Phi) is 3.82. The monoisotopic (exact) mass is 280 g/mol. The lowest BCUT2D eigenvalue weighted by molar-refractivity contribution is 0.420. The fourth-order valence-electron chi connectivity index (χ4n) is 2.65. The summed E-state index contributed by atoms with van der Waals surface area (Å²) in [4.78, 5) is 0. The van der Waals surface area contributed by atoms with Gasteiger partial charge in [-0.05, 0) is 36.8 Å². The van der Waals surface area contributed by atoms with E-state index in [0.29, 0.717) is 0 Å². The predicted octanol–water partition coefficient (Wildman–Crippen LogP) is 4.07. The molecule has 108 valence electrons. The van der Waals surface area contributed by atoms with Crippen molar-refractivity contribution in [3.05, 3.63) is 60.3 Å². The molecule has 0 radical (unpaired) electrons. The molecule has 3 rings (SSSR count). The van der Waals surface area contributed by atoms with Crippen molar-refractivity contribution < 1.29 is 4.74 Å². The number of fused-ring (bicyclic) bond motifs is 1. The lowest BCUT2D eigenvalue weighted by atomic mass is 10.2. The quantitative estimate of drug-likeness (QED) is 0.762. The molecule has 1 N–H and O–H groups in total. The number of aromatic nitrogens is 1. The molecule has 1 heterocycles. The highest BCUT2D eigenvalue weighted by atomic mass is 16.5. The lowest BCUT2D eigenvalue weighted by Crippen LogP contribution is -2.10. The number of hydrogen-bond donors (Lipinski definition) is 1. The Morgan fingerprint density at radius 1 is 1.05 bits per heavy atom. The Morgan fingerprint density at radius 3 is 2.71 bits per heavy atom. The SMILES string of the molecule is COc1cccc2c1ccn2CCNc1ccccc1C. The van der Waals surface area contributed by atoms with E-state index in [1.807, 2.05) is 12.1 Å². The first-order valence-electron chi connectivity index (χ1n) is 7.21. The molecule has 21 heavy (non-hydrogen) atoms. The van der Waals surface area contributed by atoms with Crippen molar-refractivity contribution in [2.24, 2.45) is 0 Å². The summed E-state index contributed by atoms with van der Waals surface area (Å²) in [6, 6.07) is 16.6. The van der Waals surface area contributed by atoms with Gasteiger partial charge in [-0.15, -0.1) is 0 Å². The van der Waals surface area contributed by atoms with E-state index in [2.05, 4.69) is 59.4 Å². The highest BCUT2D eigenvalue weighted by Crippen LogP contribution is 2.26. The van der Waals surface area contributed by atoms with Gasteiger partial charge in [0.1, 0.15) is 5.75 Å². The maximum absolute atomic E-state index is 5.40. The van der Waals surface area contributed by atoms with E-state index in [-0.39, 0.29) is 0 Å². The van der Waals surface area contributed by atoms with Crippen LogP contribution in [0.5, 0.6) is 5.75 Å². The number of ether oxygens (including phenoxy) is 1. The van der Waals surface area contributed by atoms with Gasteiger partial charge in [0, 0.05) is 30.4 Å². The van der Waals surface area contributed by atoms with Gasteiger partial charge in [0.25, 0.3) is 0 Å². The summed E-state index contributed by atoms with van der Waals surface area (Å²) in [7, 11) is 1.71. The maximum Gasteiger partial charge on any atom is 0.128 e. The Labute approximate surface area is 125 Å². The number of rotatable bonds is 5. The third-order valence-electron chi connectivity index (χ3n) is 3.81. The van der Waals surface area contributed by atoms with E-state index in [1.54, 1.807) is 7.11 Å². The molecule has 0 aliphatic rings. The first-order chi connectivity index (χ1) is 10.3. The molecule has 0 amide bonds. The van der Waals surface area contributed by atoms with Gasteiger partial charge in [0.15, 0.2) is 0 Å². The Balaban J connectivity index is 1.73. The van der Waals surface area contributed by atoms with Crippen molar-refractivity contribution >= 4 is 16.6 Å². The molecule has 0 unspecified atom stereocenters. The van der Waals surface area contributed by atoms with E-state index >= 15 is 0 Å². The van der Waals surface area contributed by atoms with Gasteiger partial charge in [0.05, 0.1) is 12.6 Å². The zero-order chi connectivity index (χ0) is 14.7. The first-order valence-corrected chi connectivity index (χ1v) is 7.21. The standard InChI is InChI=1S/C18H20N2O/c1-14-6-3-4-7-16(14)19-11-13-20-12-10-15-17(20)8-5-9-18(15)21-2/h3-10,12,19H,11,13H2,1-2H3. The van der Waals surface area contributed by atoms with Crippen molar-refractivity contribution in [3.8, 4) is 5.75 Å². The predicted molar refractivity (Wildman–Crippen MR) is 88.2 cm³/mol. The fourth-order valence-corrected chi connectivity index (χ4v) is 2.65. The van der Waals surface area contributed by atoms with Crippen LogP contribution in [-0.2, 0) is 6.54 Å². The van der Waals surface area contributed by atoms with Gasteiger partial charge in [-0.2, -0.15) is 0 Å². The Bertz CT molecular complexity index is 746. The van der Waals surface area contributed by atoms with Gasteiger partial charge in [-0.3, -0.25) is 0 Å². The number of nitrogens with one attached hydrogen (secondary N) is 1. The highest BCUT2D eigenvalue weighted by Gasteiger charge is 2.05. The third-order valence-corrected chi connectivity index (χ3v) is 3.81. The lowest BCUT2D eigenvalue weighted by Gasteiger charge is -2.11. The molecule has 3 nitrogen and oxygen atoms in total. The second-order valence-electron chi connectivity index (χ2n) is 5.14. The number of aryl methyl sites for hydroxylation is 1. The number of hydrogen-bond acceptors (Lipinski definition) is 2. The minimum absolute atomic E-state index is 0.895. The average Bonchev–Trinajstić information content (AvgIpc) is 2.92. The van der Waals surface area contributed by atoms with Crippen LogP contribution < -0.4 is 10.1 Å². The number of methoxy groups -OCH3 is 1. The summed E-state index contributed by atoms with van der Waals surface area (Å²) < 4.78 is 7.65. The minimum Gasteiger partial charge on any atom is -0.496 e. The van der Waals surface area contributed by atoms with Crippen molar-refractivity contribution in [2.75, 3.05) is 19.0 Å². The van der Waals surface area contributed by atoms with Crippen molar-refractivity contribution in [2.45, 2.75) is 13.5 Å². The first kappa shape index (κ1) is 13.6. The summed E-state index contributed by atoms with van der Waals surface area (Å²) in [5.74, 6) is 0.929. The number of nitrogens with zero attached hydrogens (tertiary/aromatic N) is 1. The zero-order valence-corrected chi connectivity index (χ0v) is 12.5. The van der Waals surface area contributed by atoms with E-state index in [4.69, 9.17) is 4.74 Å². The van der Waals surface area contributed by atoms with Crippen LogP contribution in [0.3, 0.4) is 0 Å². The van der Waals surface area contributed by atoms with Crippen LogP contribution in [0.25, 0.3) is 10.9 Å². The molecule has 0 saturated carbocycles. The largest absolute Gasteiger partial charge is 0.496 e. The molecule has 1 aromatic heterocycles. The molecule has 0 aliphatic carbocycles. The number of anilines is 1. The van der Waals surface area contributed by atoms with Crippen LogP contribution in [0.1, 0.15) is 5.56 Å². The summed E-state index contributed by atoms with van der Waals surface area (Å²) >= 11 is 0. The molecule has 0 saturated heterocycles. The average molecular weight is 280 g/mol. The van der Waals surface area contributed by atoms with Gasteiger partial charge < -0.3 is 14.6 Å². The maximum atomic E-state index is 5.40. The summed E-state index contributed by atoms with van der Waals surface area (Å²) in [6.07, 6.45) is 2.12. The Hall–Kier alpha value is -2.42. The van der Waals surface area contributed by atoms with E-state index < -0.39 is 0 Å². The molecular formula is C18H20N2O. The van der Waals surface area contributed by atoms with E-state index in [1.165, 1.54) is 16.8 Å². The molecule has 0 spiro atoms. The molecule has 3 heteroatoms.